The van der Waals surface area contributed by atoms with E-state index in [1.165, 1.54) is 28.7 Å². The number of rotatable bonds is 4. The van der Waals surface area contributed by atoms with E-state index in [4.69, 9.17) is 4.74 Å². The van der Waals surface area contributed by atoms with Crippen molar-refractivity contribution in [2.45, 2.75) is 39.7 Å². The van der Waals surface area contributed by atoms with Crippen LogP contribution in [0.15, 0.2) is 36.4 Å². The number of nitrogens with one attached hydrogen (secondary N) is 1. The Morgan fingerprint density at radius 1 is 1.04 bits per heavy atom. The number of hydrogen-bond donors (Lipinski definition) is 1. The molecule has 4 heteroatoms. The molecule has 26 heavy (non-hydrogen) atoms. The van der Waals surface area contributed by atoms with E-state index >= 15 is 0 Å². The molecular formula is C22H25N3O. The zero-order valence-corrected chi connectivity index (χ0v) is 15.7. The molecule has 4 rings (SSSR count). The number of aromatic nitrogens is 2. The van der Waals surface area contributed by atoms with Crippen molar-refractivity contribution in [2.75, 3.05) is 13.2 Å². The van der Waals surface area contributed by atoms with Crippen LogP contribution in [0.4, 0.5) is 0 Å². The molecule has 0 saturated carbocycles. The molecule has 0 bridgehead atoms. The first-order chi connectivity index (χ1) is 12.6. The Morgan fingerprint density at radius 2 is 1.77 bits per heavy atom. The van der Waals surface area contributed by atoms with E-state index in [1.807, 2.05) is 6.07 Å². The Hall–Kier alpha value is -2.46. The second-order valence-electron chi connectivity index (χ2n) is 7.28. The zero-order valence-electron chi connectivity index (χ0n) is 15.7. The van der Waals surface area contributed by atoms with E-state index in [1.54, 1.807) is 0 Å². The summed E-state index contributed by atoms with van der Waals surface area (Å²) in [6.45, 7) is 8.12. The maximum Gasteiger partial charge on any atom is 0.241 e. The molecule has 0 spiro atoms. The van der Waals surface area contributed by atoms with Crippen LogP contribution in [-0.4, -0.2) is 29.4 Å². The number of ether oxygens (including phenoxy) is 1. The summed E-state index contributed by atoms with van der Waals surface area (Å²) in [4.78, 5) is 0. The Balaban J connectivity index is 1.77. The van der Waals surface area contributed by atoms with Crippen LogP contribution in [0, 0.1) is 20.8 Å². The second kappa shape index (κ2) is 7.04. The molecule has 0 radical (unpaired) electrons. The van der Waals surface area contributed by atoms with Crippen molar-refractivity contribution >= 4 is 10.8 Å². The molecule has 1 aromatic heterocycles. The molecule has 0 aliphatic carbocycles. The molecule has 1 aliphatic rings. The quantitative estimate of drug-likeness (QED) is 0.762. The summed E-state index contributed by atoms with van der Waals surface area (Å²) in [5.74, 6) is 0.625. The van der Waals surface area contributed by atoms with Gasteiger partial charge in [0.05, 0.1) is 0 Å². The van der Waals surface area contributed by atoms with Gasteiger partial charge in [0.1, 0.15) is 12.3 Å². The summed E-state index contributed by atoms with van der Waals surface area (Å²) in [5.41, 5.74) is 5.83. The highest BCUT2D eigenvalue weighted by atomic mass is 16.5. The number of fused-ring (bicyclic) bond motifs is 1. The van der Waals surface area contributed by atoms with E-state index < -0.39 is 0 Å². The Labute approximate surface area is 154 Å². The molecule has 1 saturated heterocycles. The fourth-order valence-corrected chi connectivity index (χ4v) is 4.00. The average molecular weight is 347 g/mol. The molecule has 3 aromatic rings. The van der Waals surface area contributed by atoms with Crippen molar-refractivity contribution < 1.29 is 4.74 Å². The Morgan fingerprint density at radius 3 is 2.46 bits per heavy atom. The van der Waals surface area contributed by atoms with E-state index in [9.17, 15) is 0 Å². The molecule has 2 aromatic carbocycles. The summed E-state index contributed by atoms with van der Waals surface area (Å²) < 4.78 is 6.04. The smallest absolute Gasteiger partial charge is 0.241 e. The van der Waals surface area contributed by atoms with Crippen molar-refractivity contribution in [2.24, 2.45) is 0 Å². The first-order valence-corrected chi connectivity index (χ1v) is 9.33. The standard InChI is InChI=1S/C22H25N3O/c1-14-11-15(2)20(16(3)12-14)21-18-8-4-5-9-19(18)22(25-24-21)26-13-17-7-6-10-23-17/h4-5,8-9,11-12,17,23H,6-7,10,13H2,1-3H3. The number of benzene rings is 2. The van der Waals surface area contributed by atoms with Gasteiger partial charge in [-0.1, -0.05) is 35.9 Å². The number of hydrogen-bond acceptors (Lipinski definition) is 4. The van der Waals surface area contributed by atoms with Crippen LogP contribution in [0.25, 0.3) is 22.0 Å². The molecule has 2 heterocycles. The normalized spacial score (nSPS) is 17.0. The summed E-state index contributed by atoms with van der Waals surface area (Å²) in [6.07, 6.45) is 2.37. The predicted octanol–water partition coefficient (Wildman–Crippen LogP) is 4.35. The lowest BCUT2D eigenvalue weighted by molar-refractivity contribution is 0.268. The van der Waals surface area contributed by atoms with Crippen LogP contribution in [0.3, 0.4) is 0 Å². The van der Waals surface area contributed by atoms with Crippen molar-refractivity contribution in [3.8, 4) is 17.1 Å². The van der Waals surface area contributed by atoms with Gasteiger partial charge in [-0.2, -0.15) is 0 Å². The molecule has 1 fully saturated rings. The molecule has 1 atom stereocenters. The van der Waals surface area contributed by atoms with Crippen LogP contribution < -0.4 is 10.1 Å². The zero-order chi connectivity index (χ0) is 18.1. The topological polar surface area (TPSA) is 47.0 Å². The third-order valence-electron chi connectivity index (χ3n) is 5.15. The van der Waals surface area contributed by atoms with Gasteiger partial charge in [-0.15, -0.1) is 10.2 Å². The van der Waals surface area contributed by atoms with E-state index in [-0.39, 0.29) is 0 Å². The first-order valence-electron chi connectivity index (χ1n) is 9.33. The van der Waals surface area contributed by atoms with Crippen LogP contribution >= 0.6 is 0 Å². The van der Waals surface area contributed by atoms with Crippen LogP contribution in [0.2, 0.25) is 0 Å². The highest BCUT2D eigenvalue weighted by molar-refractivity contribution is 5.98. The first kappa shape index (κ1) is 17.0. The molecule has 1 unspecified atom stereocenters. The highest BCUT2D eigenvalue weighted by Gasteiger charge is 2.18. The summed E-state index contributed by atoms with van der Waals surface area (Å²) in [5, 5.41) is 14.6. The largest absolute Gasteiger partial charge is 0.475 e. The molecule has 134 valence electrons. The minimum atomic E-state index is 0.414. The van der Waals surface area contributed by atoms with Gasteiger partial charge in [-0.25, -0.2) is 0 Å². The van der Waals surface area contributed by atoms with Gasteiger partial charge in [0.2, 0.25) is 5.88 Å². The van der Waals surface area contributed by atoms with Crippen LogP contribution in [0.5, 0.6) is 5.88 Å². The molecule has 4 nitrogen and oxygen atoms in total. The van der Waals surface area contributed by atoms with Crippen molar-refractivity contribution in [3.05, 3.63) is 53.1 Å². The van der Waals surface area contributed by atoms with Crippen molar-refractivity contribution in [3.63, 3.8) is 0 Å². The highest BCUT2D eigenvalue weighted by Crippen LogP contribution is 2.34. The van der Waals surface area contributed by atoms with E-state index in [0.717, 1.165) is 29.4 Å². The van der Waals surface area contributed by atoms with E-state index in [0.29, 0.717) is 18.5 Å². The van der Waals surface area contributed by atoms with Gasteiger partial charge >= 0.3 is 0 Å². The van der Waals surface area contributed by atoms with Gasteiger partial charge in [0, 0.05) is 22.4 Å². The minimum absolute atomic E-state index is 0.414. The lowest BCUT2D eigenvalue weighted by atomic mass is 9.94. The minimum Gasteiger partial charge on any atom is -0.475 e. The number of aryl methyl sites for hydroxylation is 3. The monoisotopic (exact) mass is 347 g/mol. The summed E-state index contributed by atoms with van der Waals surface area (Å²) in [6, 6.07) is 13.1. The maximum absolute atomic E-state index is 6.04. The van der Waals surface area contributed by atoms with Crippen LogP contribution in [-0.2, 0) is 0 Å². The van der Waals surface area contributed by atoms with Gasteiger partial charge in [0.15, 0.2) is 0 Å². The Bertz CT molecular complexity index is 922. The Kier molecular flexibility index (Phi) is 4.60. The third-order valence-corrected chi connectivity index (χ3v) is 5.15. The molecule has 1 N–H and O–H groups in total. The fourth-order valence-electron chi connectivity index (χ4n) is 4.00. The van der Waals surface area contributed by atoms with Gasteiger partial charge in [0.25, 0.3) is 0 Å². The SMILES string of the molecule is Cc1cc(C)c(-c2nnc(OCC3CCCN3)c3ccccc23)c(C)c1. The summed E-state index contributed by atoms with van der Waals surface area (Å²) in [7, 11) is 0. The summed E-state index contributed by atoms with van der Waals surface area (Å²) >= 11 is 0. The van der Waals surface area contributed by atoms with Crippen LogP contribution in [0.1, 0.15) is 29.5 Å². The predicted molar refractivity (Wildman–Crippen MR) is 106 cm³/mol. The van der Waals surface area contributed by atoms with E-state index in [2.05, 4.69) is 66.6 Å². The molecule has 0 amide bonds. The van der Waals surface area contributed by atoms with Gasteiger partial charge in [-0.05, 0) is 57.4 Å². The second-order valence-corrected chi connectivity index (χ2v) is 7.28. The molecule has 1 aliphatic heterocycles. The fraction of sp³-hybridized carbons (Fsp3) is 0.364. The lowest BCUT2D eigenvalue weighted by Gasteiger charge is -2.16. The number of nitrogens with zero attached hydrogens (tertiary/aromatic N) is 2. The maximum atomic E-state index is 6.04. The van der Waals surface area contributed by atoms with Crippen molar-refractivity contribution in [1.29, 1.82) is 0 Å². The lowest BCUT2D eigenvalue weighted by Crippen LogP contribution is -2.28. The average Bonchev–Trinajstić information content (AvgIpc) is 3.13. The molecular weight excluding hydrogens is 322 g/mol. The van der Waals surface area contributed by atoms with Gasteiger partial charge < -0.3 is 10.1 Å². The van der Waals surface area contributed by atoms with Gasteiger partial charge in [-0.3, -0.25) is 0 Å². The van der Waals surface area contributed by atoms with Crippen molar-refractivity contribution in [1.82, 2.24) is 15.5 Å². The third kappa shape index (κ3) is 3.17.